The number of benzene rings is 2. The molecule has 0 atom stereocenters. The van der Waals surface area contributed by atoms with E-state index >= 15 is 0 Å². The SMILES string of the molecule is CC(=Nc1ccc([N+](=O)[O-])cc1)c1c(O)c2ccccc2n(C)c1=O. The van der Waals surface area contributed by atoms with Crippen molar-refractivity contribution in [2.24, 2.45) is 12.0 Å². The molecule has 0 unspecified atom stereocenters. The number of aryl methyl sites for hydroxylation is 1. The quantitative estimate of drug-likeness (QED) is 0.450. The number of hydrogen-bond acceptors (Lipinski definition) is 5. The van der Waals surface area contributed by atoms with Crippen LogP contribution in [0.3, 0.4) is 0 Å². The maximum Gasteiger partial charge on any atom is 0.269 e. The van der Waals surface area contributed by atoms with Crippen LogP contribution in [0.1, 0.15) is 12.5 Å². The lowest BCUT2D eigenvalue weighted by Gasteiger charge is -2.11. The van der Waals surface area contributed by atoms with E-state index in [-0.39, 0.29) is 22.6 Å². The van der Waals surface area contributed by atoms with Crippen molar-refractivity contribution in [3.05, 3.63) is 74.6 Å². The first kappa shape index (κ1) is 16.4. The number of para-hydroxylation sites is 1. The summed E-state index contributed by atoms with van der Waals surface area (Å²) in [5.74, 6) is -0.123. The molecule has 25 heavy (non-hydrogen) atoms. The van der Waals surface area contributed by atoms with Gasteiger partial charge in [-0.05, 0) is 31.2 Å². The predicted octanol–water partition coefficient (Wildman–Crippen LogP) is 3.29. The van der Waals surface area contributed by atoms with E-state index in [1.165, 1.54) is 28.8 Å². The van der Waals surface area contributed by atoms with Crippen LogP contribution in [-0.4, -0.2) is 20.3 Å². The molecule has 1 N–H and O–H groups in total. The van der Waals surface area contributed by atoms with Crippen molar-refractivity contribution in [1.29, 1.82) is 0 Å². The molecule has 0 radical (unpaired) electrons. The van der Waals surface area contributed by atoms with Crippen LogP contribution in [-0.2, 0) is 7.05 Å². The molecular weight excluding hydrogens is 322 g/mol. The highest BCUT2D eigenvalue weighted by atomic mass is 16.6. The molecule has 126 valence electrons. The summed E-state index contributed by atoms with van der Waals surface area (Å²) in [6.07, 6.45) is 0. The molecule has 3 aromatic rings. The lowest BCUT2D eigenvalue weighted by Crippen LogP contribution is -2.24. The Labute approximate surface area is 142 Å². The fraction of sp³-hybridized carbons (Fsp3) is 0.111. The molecule has 7 nitrogen and oxygen atoms in total. The van der Waals surface area contributed by atoms with Crippen molar-refractivity contribution >= 4 is 28.0 Å². The summed E-state index contributed by atoms with van der Waals surface area (Å²) in [6, 6.07) is 12.7. The zero-order valence-electron chi connectivity index (χ0n) is 13.6. The van der Waals surface area contributed by atoms with Crippen LogP contribution in [0.4, 0.5) is 11.4 Å². The first-order chi connectivity index (χ1) is 11.9. The van der Waals surface area contributed by atoms with E-state index in [9.17, 15) is 20.0 Å². The summed E-state index contributed by atoms with van der Waals surface area (Å²) in [6.45, 7) is 1.62. The van der Waals surface area contributed by atoms with E-state index in [2.05, 4.69) is 4.99 Å². The molecule has 0 bridgehead atoms. The minimum atomic E-state index is -0.495. The molecule has 0 aliphatic carbocycles. The van der Waals surface area contributed by atoms with Crippen LogP contribution in [0.5, 0.6) is 5.75 Å². The minimum Gasteiger partial charge on any atom is -0.506 e. The summed E-state index contributed by atoms with van der Waals surface area (Å²) >= 11 is 0. The van der Waals surface area contributed by atoms with E-state index in [0.29, 0.717) is 22.3 Å². The molecular formula is C18H15N3O4. The number of pyridine rings is 1. The lowest BCUT2D eigenvalue weighted by atomic mass is 10.1. The van der Waals surface area contributed by atoms with Crippen LogP contribution in [0, 0.1) is 10.1 Å². The Morgan fingerprint density at radius 1 is 1.16 bits per heavy atom. The van der Waals surface area contributed by atoms with Gasteiger partial charge in [0.25, 0.3) is 11.2 Å². The van der Waals surface area contributed by atoms with Gasteiger partial charge < -0.3 is 9.67 Å². The Morgan fingerprint density at radius 2 is 1.80 bits per heavy atom. The average Bonchev–Trinajstić information content (AvgIpc) is 2.60. The van der Waals surface area contributed by atoms with Gasteiger partial charge in [-0.2, -0.15) is 0 Å². The maximum absolute atomic E-state index is 12.6. The third-order valence-electron chi connectivity index (χ3n) is 3.99. The van der Waals surface area contributed by atoms with Crippen molar-refractivity contribution in [3.8, 4) is 5.75 Å². The topological polar surface area (TPSA) is 97.7 Å². The lowest BCUT2D eigenvalue weighted by molar-refractivity contribution is -0.384. The fourth-order valence-electron chi connectivity index (χ4n) is 2.70. The van der Waals surface area contributed by atoms with Crippen molar-refractivity contribution in [3.63, 3.8) is 0 Å². The third-order valence-corrected chi connectivity index (χ3v) is 3.99. The Hall–Kier alpha value is -3.48. The maximum atomic E-state index is 12.6. The Morgan fingerprint density at radius 3 is 2.44 bits per heavy atom. The molecule has 0 saturated heterocycles. The number of nitrogens with zero attached hydrogens (tertiary/aromatic N) is 3. The van der Waals surface area contributed by atoms with Gasteiger partial charge in [0.05, 0.1) is 21.8 Å². The number of non-ortho nitro benzene ring substituents is 1. The second kappa shape index (κ2) is 6.20. The van der Waals surface area contributed by atoms with Crippen LogP contribution in [0.15, 0.2) is 58.3 Å². The van der Waals surface area contributed by atoms with E-state index in [4.69, 9.17) is 0 Å². The summed E-state index contributed by atoms with van der Waals surface area (Å²) in [5, 5.41) is 21.8. The minimum absolute atomic E-state index is 0.0407. The van der Waals surface area contributed by atoms with Crippen molar-refractivity contribution < 1.29 is 10.0 Å². The van der Waals surface area contributed by atoms with E-state index in [1.54, 1.807) is 38.2 Å². The van der Waals surface area contributed by atoms with E-state index < -0.39 is 4.92 Å². The van der Waals surface area contributed by atoms with Crippen LogP contribution in [0.2, 0.25) is 0 Å². The third kappa shape index (κ3) is 2.87. The number of aliphatic imine (C=N–C) groups is 1. The fourth-order valence-corrected chi connectivity index (χ4v) is 2.70. The summed E-state index contributed by atoms with van der Waals surface area (Å²) in [4.78, 5) is 27.1. The highest BCUT2D eigenvalue weighted by Crippen LogP contribution is 2.27. The number of rotatable bonds is 3. The molecule has 0 aliphatic heterocycles. The van der Waals surface area contributed by atoms with Gasteiger partial charge in [0.1, 0.15) is 11.3 Å². The van der Waals surface area contributed by atoms with Crippen molar-refractivity contribution in [1.82, 2.24) is 4.57 Å². The smallest absolute Gasteiger partial charge is 0.269 e. The number of aromatic nitrogens is 1. The molecule has 0 fully saturated rings. The highest BCUT2D eigenvalue weighted by molar-refractivity contribution is 6.06. The molecule has 3 rings (SSSR count). The van der Waals surface area contributed by atoms with Gasteiger partial charge in [0.2, 0.25) is 0 Å². The largest absolute Gasteiger partial charge is 0.506 e. The number of aromatic hydroxyl groups is 1. The van der Waals surface area contributed by atoms with Gasteiger partial charge in [0, 0.05) is 24.6 Å². The molecule has 0 saturated carbocycles. The van der Waals surface area contributed by atoms with Crippen molar-refractivity contribution in [2.75, 3.05) is 0 Å². The standard InChI is InChI=1S/C18H15N3O4/c1-11(19-12-7-9-13(10-8-12)21(24)25)16-17(22)14-5-3-4-6-15(14)20(2)18(16)23/h3-10,22H,1-2H3. The van der Waals surface area contributed by atoms with E-state index in [0.717, 1.165) is 0 Å². The van der Waals surface area contributed by atoms with Gasteiger partial charge in [-0.25, -0.2) is 0 Å². The number of fused-ring (bicyclic) bond motifs is 1. The monoisotopic (exact) mass is 337 g/mol. The zero-order valence-corrected chi connectivity index (χ0v) is 13.6. The number of nitro groups is 1. The normalized spacial score (nSPS) is 11.7. The Kier molecular flexibility index (Phi) is 4.06. The van der Waals surface area contributed by atoms with E-state index in [1.807, 2.05) is 0 Å². The first-order valence-electron chi connectivity index (χ1n) is 7.51. The second-order valence-electron chi connectivity index (χ2n) is 5.58. The highest BCUT2D eigenvalue weighted by Gasteiger charge is 2.16. The molecule has 7 heteroatoms. The molecule has 1 aromatic heterocycles. The first-order valence-corrected chi connectivity index (χ1v) is 7.51. The summed E-state index contributed by atoms with van der Waals surface area (Å²) in [5.41, 5.74) is 1.12. The van der Waals surface area contributed by atoms with Crippen molar-refractivity contribution in [2.45, 2.75) is 6.92 Å². The molecule has 0 spiro atoms. The van der Waals surface area contributed by atoms with Gasteiger partial charge in [-0.15, -0.1) is 0 Å². The summed E-state index contributed by atoms with van der Waals surface area (Å²) in [7, 11) is 1.63. The number of nitro benzene ring substituents is 1. The van der Waals surface area contributed by atoms with Gasteiger partial charge in [0.15, 0.2) is 0 Å². The molecule has 0 aliphatic rings. The molecule has 0 amide bonds. The van der Waals surface area contributed by atoms with Crippen LogP contribution in [0.25, 0.3) is 10.9 Å². The average molecular weight is 337 g/mol. The predicted molar refractivity (Wildman–Crippen MR) is 95.8 cm³/mol. The summed E-state index contributed by atoms with van der Waals surface area (Å²) < 4.78 is 1.46. The second-order valence-corrected chi connectivity index (χ2v) is 5.58. The van der Waals surface area contributed by atoms with Gasteiger partial charge in [-0.1, -0.05) is 12.1 Å². The van der Waals surface area contributed by atoms with Crippen LogP contribution < -0.4 is 5.56 Å². The Bertz CT molecular complexity index is 1070. The molecule has 2 aromatic carbocycles. The van der Waals surface area contributed by atoms with Gasteiger partial charge in [-0.3, -0.25) is 19.9 Å². The Balaban J connectivity index is 2.15. The molecule has 1 heterocycles. The number of hydrogen-bond donors (Lipinski definition) is 1. The van der Waals surface area contributed by atoms with Gasteiger partial charge >= 0.3 is 0 Å². The van der Waals surface area contributed by atoms with Crippen LogP contribution >= 0.6 is 0 Å². The zero-order chi connectivity index (χ0) is 18.1.